The average molecular weight is 378 g/mol. The van der Waals surface area contributed by atoms with Gasteiger partial charge >= 0.3 is 5.97 Å². The second-order valence-electron chi connectivity index (χ2n) is 7.90. The first-order chi connectivity index (χ1) is 12.2. The summed E-state index contributed by atoms with van der Waals surface area (Å²) in [5.74, 6) is 0.0181. The van der Waals surface area contributed by atoms with Gasteiger partial charge in [0, 0.05) is 12.8 Å². The van der Waals surface area contributed by atoms with Crippen molar-refractivity contribution < 1.29 is 18.5 Å². The monoisotopic (exact) mass is 377 g/mol. The number of benzene rings is 1. The summed E-state index contributed by atoms with van der Waals surface area (Å²) in [7, 11) is -1.49. The van der Waals surface area contributed by atoms with Crippen LogP contribution in [0.25, 0.3) is 0 Å². The van der Waals surface area contributed by atoms with Crippen LogP contribution in [0, 0.1) is 32.1 Å². The number of ketones is 1. The Balaban J connectivity index is 1.75. The molecule has 1 aromatic carbocycles. The van der Waals surface area contributed by atoms with E-state index in [4.69, 9.17) is 4.74 Å². The quantitative estimate of drug-likeness (QED) is 0.774. The molecule has 0 aliphatic heterocycles. The number of hydrogen-bond acceptors (Lipinski definition) is 4. The van der Waals surface area contributed by atoms with E-state index in [0.717, 1.165) is 34.4 Å². The Bertz CT molecular complexity index is 734. The van der Waals surface area contributed by atoms with E-state index in [0.29, 0.717) is 25.2 Å². The second-order valence-corrected chi connectivity index (χ2v) is 9.09. The molecule has 2 saturated carbocycles. The zero-order chi connectivity index (χ0) is 19.1. The highest BCUT2D eigenvalue weighted by atomic mass is 32.2. The maximum Gasteiger partial charge on any atom is 0.324 e. The van der Waals surface area contributed by atoms with Crippen LogP contribution in [0.3, 0.4) is 0 Å². The lowest BCUT2D eigenvalue weighted by molar-refractivity contribution is -0.154. The molecule has 0 aromatic heterocycles. The van der Waals surface area contributed by atoms with Crippen LogP contribution < -0.4 is 4.72 Å². The second kappa shape index (κ2) is 7.24. The summed E-state index contributed by atoms with van der Waals surface area (Å²) in [6.07, 6.45) is 2.88. The Morgan fingerprint density at radius 3 is 2.35 bits per heavy atom. The van der Waals surface area contributed by atoms with Crippen LogP contribution in [0.1, 0.15) is 49.3 Å². The molecule has 1 N–H and O–H groups in total. The van der Waals surface area contributed by atoms with Gasteiger partial charge in [-0.05, 0) is 63.0 Å². The molecule has 26 heavy (non-hydrogen) atoms. The number of carbonyl (C=O) groups is 2. The zero-order valence-electron chi connectivity index (χ0n) is 15.9. The molecular formula is C20H27NO4S. The third kappa shape index (κ3) is 3.62. The molecule has 1 aromatic rings. The number of rotatable bonds is 6. The molecule has 2 aliphatic rings. The number of Topliss-reactive ketones (excluding diaryl/α,β-unsaturated/α-hetero) is 1. The molecule has 0 unspecified atom stereocenters. The fraction of sp³-hybridized carbons (Fsp3) is 0.600. The Morgan fingerprint density at radius 2 is 1.85 bits per heavy atom. The van der Waals surface area contributed by atoms with Crippen molar-refractivity contribution in [2.45, 2.75) is 64.3 Å². The third-order valence-electron chi connectivity index (χ3n) is 5.57. The molecule has 0 radical (unpaired) electrons. The number of ether oxygens (including phenoxy) is 1. The largest absolute Gasteiger partial charge is 0.465 e. The molecule has 0 bridgehead atoms. The minimum Gasteiger partial charge on any atom is -0.465 e. The van der Waals surface area contributed by atoms with Crippen molar-refractivity contribution in [2.75, 3.05) is 6.61 Å². The normalized spacial score (nSPS) is 21.0. The Labute approximate surface area is 157 Å². The summed E-state index contributed by atoms with van der Waals surface area (Å²) in [6, 6.07) is 3.40. The first-order valence-electron chi connectivity index (χ1n) is 9.19. The summed E-state index contributed by atoms with van der Waals surface area (Å²) in [5.41, 5.74) is 3.11. The van der Waals surface area contributed by atoms with Crippen molar-refractivity contribution in [1.82, 2.24) is 4.72 Å². The summed E-state index contributed by atoms with van der Waals surface area (Å²) >= 11 is 0. The van der Waals surface area contributed by atoms with Crippen LogP contribution in [0.4, 0.5) is 0 Å². The summed E-state index contributed by atoms with van der Waals surface area (Å²) in [6.45, 7) is 7.95. The van der Waals surface area contributed by atoms with E-state index in [1.807, 2.05) is 32.9 Å². The van der Waals surface area contributed by atoms with Gasteiger partial charge in [-0.25, -0.2) is 8.93 Å². The summed E-state index contributed by atoms with van der Waals surface area (Å²) in [4.78, 5) is 24.5. The van der Waals surface area contributed by atoms with Crippen LogP contribution in [0.15, 0.2) is 17.0 Å². The molecule has 142 valence electrons. The van der Waals surface area contributed by atoms with Gasteiger partial charge in [0.2, 0.25) is 0 Å². The van der Waals surface area contributed by atoms with E-state index in [1.54, 1.807) is 6.92 Å². The third-order valence-corrected chi connectivity index (χ3v) is 7.05. The number of hydrogen-bond donors (Lipinski definition) is 1. The van der Waals surface area contributed by atoms with Crippen molar-refractivity contribution in [2.24, 2.45) is 11.3 Å². The number of nitrogens with one attached hydrogen (secondary N) is 1. The molecule has 2 aliphatic carbocycles. The summed E-state index contributed by atoms with van der Waals surface area (Å²) in [5, 5.41) is 0. The molecule has 2 fully saturated rings. The van der Waals surface area contributed by atoms with Crippen LogP contribution in [0.5, 0.6) is 0 Å². The highest BCUT2D eigenvalue weighted by Crippen LogP contribution is 2.58. The van der Waals surface area contributed by atoms with Crippen LogP contribution in [0.2, 0.25) is 0 Å². The van der Waals surface area contributed by atoms with Gasteiger partial charge in [-0.1, -0.05) is 17.7 Å². The topological polar surface area (TPSA) is 72.5 Å². The van der Waals surface area contributed by atoms with Gasteiger partial charge in [0.25, 0.3) is 0 Å². The highest BCUT2D eigenvalue weighted by molar-refractivity contribution is 7.83. The molecule has 6 heteroatoms. The highest BCUT2D eigenvalue weighted by Gasteiger charge is 2.55. The van der Waals surface area contributed by atoms with Gasteiger partial charge in [-0.3, -0.25) is 9.59 Å². The SMILES string of the molecule is CCOC(=O)[C@@H](N[S@@](=O)c1c(C)cc(C)cc1C)C1CC2(CC(=O)C2)C1. The fourth-order valence-corrected chi connectivity index (χ4v) is 5.90. The fourth-order valence-electron chi connectivity index (χ4n) is 4.56. The minimum absolute atomic E-state index is 0.0668. The minimum atomic E-state index is -1.49. The maximum atomic E-state index is 13.0. The van der Waals surface area contributed by atoms with E-state index < -0.39 is 17.0 Å². The van der Waals surface area contributed by atoms with Gasteiger partial charge in [-0.15, -0.1) is 0 Å². The van der Waals surface area contributed by atoms with Crippen LogP contribution >= 0.6 is 0 Å². The van der Waals surface area contributed by atoms with Gasteiger partial charge in [0.1, 0.15) is 22.8 Å². The number of aryl methyl sites for hydroxylation is 3. The smallest absolute Gasteiger partial charge is 0.324 e. The molecule has 5 nitrogen and oxygen atoms in total. The van der Waals surface area contributed by atoms with Crippen molar-refractivity contribution in [3.63, 3.8) is 0 Å². The van der Waals surface area contributed by atoms with Crippen molar-refractivity contribution in [1.29, 1.82) is 0 Å². The number of carbonyl (C=O) groups excluding carboxylic acids is 2. The molecule has 0 heterocycles. The molecular weight excluding hydrogens is 350 g/mol. The van der Waals surface area contributed by atoms with Crippen LogP contribution in [-0.4, -0.2) is 28.6 Å². The Hall–Kier alpha value is -1.53. The molecule has 1 spiro atoms. The van der Waals surface area contributed by atoms with E-state index in [9.17, 15) is 13.8 Å². The lowest BCUT2D eigenvalue weighted by atomic mass is 9.50. The standard InChI is InChI=1S/C20H27NO4S/c1-5-25-19(23)17(15-8-20(9-15)10-16(22)11-20)21-26(24)18-13(3)6-12(2)7-14(18)4/h6-7,15,17,21H,5,8-11H2,1-4H3/t17-,26-/m0/s1. The first-order valence-corrected chi connectivity index (χ1v) is 10.3. The van der Waals surface area contributed by atoms with Crippen molar-refractivity contribution in [3.8, 4) is 0 Å². The lowest BCUT2D eigenvalue weighted by Crippen LogP contribution is -2.56. The van der Waals surface area contributed by atoms with Crippen LogP contribution in [-0.2, 0) is 25.3 Å². The maximum absolute atomic E-state index is 13.0. The molecule has 3 rings (SSSR count). The average Bonchev–Trinajstić information content (AvgIpc) is 2.46. The Kier molecular flexibility index (Phi) is 5.35. The van der Waals surface area contributed by atoms with Gasteiger partial charge in [-0.2, -0.15) is 0 Å². The summed E-state index contributed by atoms with van der Waals surface area (Å²) < 4.78 is 21.2. The first kappa shape index (κ1) is 19.2. The van der Waals surface area contributed by atoms with Gasteiger partial charge in [0.05, 0.1) is 11.5 Å². The molecule has 2 atom stereocenters. The van der Waals surface area contributed by atoms with E-state index in [-0.39, 0.29) is 17.3 Å². The lowest BCUT2D eigenvalue weighted by Gasteiger charge is -2.54. The van der Waals surface area contributed by atoms with E-state index in [2.05, 4.69) is 4.72 Å². The van der Waals surface area contributed by atoms with Crippen molar-refractivity contribution >= 4 is 22.7 Å². The van der Waals surface area contributed by atoms with E-state index in [1.165, 1.54) is 0 Å². The predicted octanol–water partition coefficient (Wildman–Crippen LogP) is 2.92. The molecule has 0 saturated heterocycles. The zero-order valence-corrected chi connectivity index (χ0v) is 16.7. The van der Waals surface area contributed by atoms with Gasteiger partial charge in [0.15, 0.2) is 0 Å². The van der Waals surface area contributed by atoms with E-state index >= 15 is 0 Å². The van der Waals surface area contributed by atoms with Crippen molar-refractivity contribution in [3.05, 3.63) is 28.8 Å². The Morgan fingerprint density at radius 1 is 1.27 bits per heavy atom. The molecule has 0 amide bonds. The predicted molar refractivity (Wildman–Crippen MR) is 100 cm³/mol. The number of esters is 1. The van der Waals surface area contributed by atoms with Gasteiger partial charge < -0.3 is 4.74 Å².